The minimum Gasteiger partial charge on any atom is -0.355 e. The summed E-state index contributed by atoms with van der Waals surface area (Å²) in [4.78, 5) is 38.2. The van der Waals surface area contributed by atoms with E-state index in [-0.39, 0.29) is 27.8 Å². The largest absolute Gasteiger partial charge is 0.355 e. The van der Waals surface area contributed by atoms with Crippen molar-refractivity contribution in [2.75, 3.05) is 17.4 Å². The van der Waals surface area contributed by atoms with E-state index in [1.165, 1.54) is 48.2 Å². The molecule has 206 valence electrons. The van der Waals surface area contributed by atoms with Gasteiger partial charge in [-0.2, -0.15) is 0 Å². The van der Waals surface area contributed by atoms with E-state index in [0.717, 1.165) is 16.4 Å². The fourth-order valence-corrected chi connectivity index (χ4v) is 5.48. The summed E-state index contributed by atoms with van der Waals surface area (Å²) in [5.41, 5.74) is 0.368. The fourth-order valence-electron chi connectivity index (χ4n) is 3.73. The van der Waals surface area contributed by atoms with E-state index in [2.05, 4.69) is 5.32 Å². The molecule has 39 heavy (non-hydrogen) atoms. The predicted molar refractivity (Wildman–Crippen MR) is 149 cm³/mol. The van der Waals surface area contributed by atoms with Gasteiger partial charge in [-0.1, -0.05) is 47.5 Å². The highest BCUT2D eigenvalue weighted by Gasteiger charge is 2.32. The highest BCUT2D eigenvalue weighted by Crippen LogP contribution is 2.27. The molecule has 0 spiro atoms. The van der Waals surface area contributed by atoms with Crippen LogP contribution in [0.2, 0.25) is 10.0 Å². The van der Waals surface area contributed by atoms with Crippen LogP contribution in [0.3, 0.4) is 0 Å². The van der Waals surface area contributed by atoms with Crippen LogP contribution in [0, 0.1) is 10.1 Å². The van der Waals surface area contributed by atoms with Crippen LogP contribution >= 0.6 is 23.2 Å². The van der Waals surface area contributed by atoms with Crippen molar-refractivity contribution >= 4 is 56.4 Å². The number of nitrogens with zero attached hydrogens (tertiary/aromatic N) is 3. The molecule has 2 amide bonds. The van der Waals surface area contributed by atoms with Gasteiger partial charge in [-0.05, 0) is 55.8 Å². The summed E-state index contributed by atoms with van der Waals surface area (Å²) >= 11 is 12.2. The van der Waals surface area contributed by atoms with Crippen molar-refractivity contribution in [3.8, 4) is 0 Å². The van der Waals surface area contributed by atoms with Gasteiger partial charge in [0.2, 0.25) is 11.8 Å². The highest BCUT2D eigenvalue weighted by atomic mass is 35.5. The van der Waals surface area contributed by atoms with Crippen molar-refractivity contribution in [3.63, 3.8) is 0 Å². The van der Waals surface area contributed by atoms with Crippen molar-refractivity contribution < 1.29 is 22.9 Å². The Labute approximate surface area is 236 Å². The lowest BCUT2D eigenvalue weighted by molar-refractivity contribution is -0.384. The molecule has 0 aliphatic carbocycles. The van der Waals surface area contributed by atoms with Crippen LogP contribution in [-0.4, -0.2) is 49.2 Å². The van der Waals surface area contributed by atoms with Gasteiger partial charge in [0, 0.05) is 25.2 Å². The van der Waals surface area contributed by atoms with Gasteiger partial charge in [-0.15, -0.1) is 0 Å². The van der Waals surface area contributed by atoms with Crippen LogP contribution in [0.5, 0.6) is 0 Å². The number of rotatable bonds is 11. The maximum atomic E-state index is 13.8. The molecule has 0 saturated heterocycles. The third kappa shape index (κ3) is 7.25. The number of nitrogens with one attached hydrogen (secondary N) is 1. The zero-order valence-electron chi connectivity index (χ0n) is 21.1. The van der Waals surface area contributed by atoms with Crippen molar-refractivity contribution in [2.24, 2.45) is 0 Å². The molecule has 0 aromatic heterocycles. The standard InChI is InChI=1S/C26H26Cl2N4O6S/c1-3-29-26(34)18(2)30(16-19-9-14-23(27)24(28)15-19)25(33)17-31(20-10-12-21(13-11-20)32(35)36)39(37,38)22-7-5-4-6-8-22/h4-15,18H,3,16-17H2,1-2H3,(H,29,34). The molecule has 3 aromatic carbocycles. The Hall–Kier alpha value is -3.67. The van der Waals surface area contributed by atoms with Gasteiger partial charge in [0.25, 0.3) is 15.7 Å². The monoisotopic (exact) mass is 592 g/mol. The SMILES string of the molecule is CCNC(=O)C(C)N(Cc1ccc(Cl)c(Cl)c1)C(=O)CN(c1ccc([N+](=O)[O-])cc1)S(=O)(=O)c1ccccc1. The number of hydrogen-bond donors (Lipinski definition) is 1. The molecule has 0 aliphatic rings. The number of carbonyl (C=O) groups excluding carboxylic acids is 2. The van der Waals surface area contributed by atoms with Crippen molar-refractivity contribution in [3.05, 3.63) is 98.5 Å². The quantitative estimate of drug-likeness (QED) is 0.255. The number of halogens is 2. The lowest BCUT2D eigenvalue weighted by Gasteiger charge is -2.32. The summed E-state index contributed by atoms with van der Waals surface area (Å²) in [6, 6.07) is 16.1. The number of hydrogen-bond acceptors (Lipinski definition) is 6. The second-order valence-corrected chi connectivity index (χ2v) is 11.1. The predicted octanol–water partition coefficient (Wildman–Crippen LogP) is 4.65. The molecule has 10 nitrogen and oxygen atoms in total. The molecule has 0 heterocycles. The third-order valence-electron chi connectivity index (χ3n) is 5.81. The Kier molecular flexibility index (Phi) is 9.90. The Balaban J connectivity index is 2.04. The second-order valence-electron chi connectivity index (χ2n) is 8.44. The summed E-state index contributed by atoms with van der Waals surface area (Å²) in [6.07, 6.45) is 0. The number of amides is 2. The zero-order valence-corrected chi connectivity index (χ0v) is 23.4. The average molecular weight is 593 g/mol. The van der Waals surface area contributed by atoms with Gasteiger partial charge in [0.15, 0.2) is 0 Å². The van der Waals surface area contributed by atoms with Gasteiger partial charge >= 0.3 is 0 Å². The molecule has 3 rings (SSSR count). The minimum absolute atomic E-state index is 0.0398. The number of sulfonamides is 1. The zero-order chi connectivity index (χ0) is 28.7. The third-order valence-corrected chi connectivity index (χ3v) is 8.34. The normalized spacial score (nSPS) is 11.9. The van der Waals surface area contributed by atoms with Gasteiger partial charge < -0.3 is 10.2 Å². The maximum Gasteiger partial charge on any atom is 0.269 e. The molecule has 1 atom stereocenters. The van der Waals surface area contributed by atoms with Crippen molar-refractivity contribution in [1.82, 2.24) is 10.2 Å². The van der Waals surface area contributed by atoms with Crippen LogP contribution in [0.1, 0.15) is 19.4 Å². The molecule has 0 radical (unpaired) electrons. The van der Waals surface area contributed by atoms with Gasteiger partial charge in [-0.25, -0.2) is 8.42 Å². The van der Waals surface area contributed by atoms with E-state index in [4.69, 9.17) is 23.2 Å². The molecule has 13 heteroatoms. The lowest BCUT2D eigenvalue weighted by atomic mass is 10.1. The molecule has 0 bridgehead atoms. The smallest absolute Gasteiger partial charge is 0.269 e. The minimum atomic E-state index is -4.28. The lowest BCUT2D eigenvalue weighted by Crippen LogP contribution is -2.51. The number of benzene rings is 3. The first kappa shape index (κ1) is 29.9. The number of nitro benzene ring substituents is 1. The number of likely N-dealkylation sites (N-methyl/N-ethyl adjacent to an activating group) is 1. The first-order chi connectivity index (χ1) is 18.4. The topological polar surface area (TPSA) is 130 Å². The van der Waals surface area contributed by atoms with Crippen LogP contribution in [-0.2, 0) is 26.2 Å². The molecule has 0 fully saturated rings. The Morgan fingerprint density at radius 1 is 1.00 bits per heavy atom. The summed E-state index contributed by atoms with van der Waals surface area (Å²) in [5, 5.41) is 14.4. The first-order valence-corrected chi connectivity index (χ1v) is 14.0. The van der Waals surface area contributed by atoms with Crippen LogP contribution in [0.15, 0.2) is 77.7 Å². The molecule has 0 aliphatic heterocycles. The van der Waals surface area contributed by atoms with Crippen molar-refractivity contribution in [2.45, 2.75) is 31.3 Å². The van der Waals surface area contributed by atoms with Gasteiger partial charge in [0.05, 0.1) is 25.6 Å². The molecule has 0 saturated carbocycles. The number of carbonyl (C=O) groups is 2. The molecule has 1 unspecified atom stereocenters. The van der Waals surface area contributed by atoms with E-state index in [0.29, 0.717) is 17.1 Å². The van der Waals surface area contributed by atoms with Crippen LogP contribution in [0.25, 0.3) is 0 Å². The summed E-state index contributed by atoms with van der Waals surface area (Å²) in [6.45, 7) is 2.85. The molecule has 1 N–H and O–H groups in total. The number of non-ortho nitro benzene ring substituents is 1. The van der Waals surface area contributed by atoms with E-state index in [1.807, 2.05) is 0 Å². The summed E-state index contributed by atoms with van der Waals surface area (Å²) < 4.78 is 28.2. The van der Waals surface area contributed by atoms with Gasteiger partial charge in [0.1, 0.15) is 12.6 Å². The van der Waals surface area contributed by atoms with E-state index in [1.54, 1.807) is 31.2 Å². The molecular formula is C26H26Cl2N4O6S. The van der Waals surface area contributed by atoms with Gasteiger partial charge in [-0.3, -0.25) is 24.0 Å². The maximum absolute atomic E-state index is 13.8. The van der Waals surface area contributed by atoms with E-state index < -0.39 is 39.3 Å². The molecular weight excluding hydrogens is 567 g/mol. The number of anilines is 1. The fraction of sp³-hybridized carbons (Fsp3) is 0.231. The van der Waals surface area contributed by atoms with E-state index in [9.17, 15) is 28.1 Å². The average Bonchev–Trinajstić information content (AvgIpc) is 2.92. The Bertz CT molecular complexity index is 1450. The van der Waals surface area contributed by atoms with Crippen molar-refractivity contribution in [1.29, 1.82) is 0 Å². The first-order valence-electron chi connectivity index (χ1n) is 11.8. The summed E-state index contributed by atoms with van der Waals surface area (Å²) in [7, 11) is -4.28. The highest BCUT2D eigenvalue weighted by molar-refractivity contribution is 7.92. The Morgan fingerprint density at radius 2 is 1.64 bits per heavy atom. The Morgan fingerprint density at radius 3 is 2.21 bits per heavy atom. The van der Waals surface area contributed by atoms with E-state index >= 15 is 0 Å². The molecule has 3 aromatic rings. The number of nitro groups is 1. The van der Waals surface area contributed by atoms with Crippen LogP contribution in [0.4, 0.5) is 11.4 Å². The second kappa shape index (κ2) is 12.9. The summed E-state index contributed by atoms with van der Waals surface area (Å²) in [5.74, 6) is -1.11. The van der Waals surface area contributed by atoms with Crippen LogP contribution < -0.4 is 9.62 Å².